The van der Waals surface area contributed by atoms with Gasteiger partial charge in [-0.05, 0) is 25.1 Å². The van der Waals surface area contributed by atoms with Crippen molar-refractivity contribution in [2.24, 2.45) is 7.05 Å². The number of aryl methyl sites for hydroxylation is 2. The molecule has 0 saturated heterocycles. The van der Waals surface area contributed by atoms with Crippen LogP contribution in [0.15, 0.2) is 24.3 Å². The number of carbonyl (C=O) groups excluding carboxylic acids is 1. The molecule has 112 valence electrons. The molecule has 0 spiro atoms. The summed E-state index contributed by atoms with van der Waals surface area (Å²) in [6, 6.07) is 6.43. The Morgan fingerprint density at radius 2 is 2.19 bits per heavy atom. The predicted octanol–water partition coefficient (Wildman–Crippen LogP) is 1.91. The van der Waals surface area contributed by atoms with E-state index in [-0.39, 0.29) is 17.4 Å². The molecule has 0 radical (unpaired) electrons. The highest BCUT2D eigenvalue weighted by molar-refractivity contribution is 5.93. The lowest BCUT2D eigenvalue weighted by Crippen LogP contribution is -2.27. The molecule has 1 heterocycles. The summed E-state index contributed by atoms with van der Waals surface area (Å²) < 4.78 is 20.3. The highest BCUT2D eigenvalue weighted by atomic mass is 19.1. The van der Waals surface area contributed by atoms with Crippen molar-refractivity contribution in [3.8, 4) is 11.3 Å². The molecule has 0 atom stereocenters. The van der Waals surface area contributed by atoms with Gasteiger partial charge in [0.25, 0.3) is 5.91 Å². The van der Waals surface area contributed by atoms with E-state index in [1.165, 1.54) is 10.7 Å². The fourth-order valence-electron chi connectivity index (χ4n) is 2.02. The smallest absolute Gasteiger partial charge is 0.271 e. The number of rotatable bonds is 5. The van der Waals surface area contributed by atoms with Crippen LogP contribution in [-0.2, 0) is 11.8 Å². The number of hydrogen-bond donors (Lipinski definition) is 1. The highest BCUT2D eigenvalue weighted by Gasteiger charge is 2.16. The monoisotopic (exact) mass is 291 g/mol. The first-order valence-corrected chi connectivity index (χ1v) is 6.60. The van der Waals surface area contributed by atoms with Crippen molar-refractivity contribution < 1.29 is 13.9 Å². The molecule has 1 aromatic carbocycles. The van der Waals surface area contributed by atoms with Crippen LogP contribution in [0.25, 0.3) is 11.3 Å². The van der Waals surface area contributed by atoms with Crippen molar-refractivity contribution in [2.75, 3.05) is 20.3 Å². The second kappa shape index (κ2) is 6.49. The summed E-state index contributed by atoms with van der Waals surface area (Å²) in [5.74, 6) is -0.642. The topological polar surface area (TPSA) is 56.1 Å². The van der Waals surface area contributed by atoms with Crippen LogP contribution < -0.4 is 5.32 Å². The van der Waals surface area contributed by atoms with Gasteiger partial charge in [-0.15, -0.1) is 0 Å². The molecule has 5 nitrogen and oxygen atoms in total. The molecule has 1 amide bonds. The lowest BCUT2D eigenvalue weighted by Gasteiger charge is -2.04. The Bertz CT molecular complexity index is 652. The maximum atomic E-state index is 13.9. The summed E-state index contributed by atoms with van der Waals surface area (Å²) in [5, 5.41) is 6.82. The minimum atomic E-state index is -0.338. The van der Waals surface area contributed by atoms with E-state index in [0.717, 1.165) is 5.56 Å². The van der Waals surface area contributed by atoms with E-state index in [9.17, 15) is 9.18 Å². The van der Waals surface area contributed by atoms with Gasteiger partial charge in [-0.25, -0.2) is 4.39 Å². The van der Waals surface area contributed by atoms with Gasteiger partial charge in [0.15, 0.2) is 5.69 Å². The minimum absolute atomic E-state index is 0.254. The summed E-state index contributed by atoms with van der Waals surface area (Å²) >= 11 is 0. The van der Waals surface area contributed by atoms with Crippen LogP contribution in [0, 0.1) is 12.7 Å². The van der Waals surface area contributed by atoms with Gasteiger partial charge in [-0.1, -0.05) is 11.6 Å². The molecule has 0 bridgehead atoms. The molecule has 2 aromatic rings. The zero-order valence-corrected chi connectivity index (χ0v) is 12.3. The van der Waals surface area contributed by atoms with Crippen molar-refractivity contribution in [1.29, 1.82) is 0 Å². The number of ether oxygens (including phenoxy) is 1. The van der Waals surface area contributed by atoms with E-state index >= 15 is 0 Å². The molecule has 0 aliphatic carbocycles. The van der Waals surface area contributed by atoms with Crippen molar-refractivity contribution in [1.82, 2.24) is 15.1 Å². The number of hydrogen-bond acceptors (Lipinski definition) is 3. The molecule has 0 aliphatic heterocycles. The first kappa shape index (κ1) is 15.2. The largest absolute Gasteiger partial charge is 0.383 e. The molecule has 1 aromatic heterocycles. The van der Waals surface area contributed by atoms with E-state index in [4.69, 9.17) is 4.74 Å². The summed E-state index contributed by atoms with van der Waals surface area (Å²) in [4.78, 5) is 11.9. The quantitative estimate of drug-likeness (QED) is 0.856. The van der Waals surface area contributed by atoms with Crippen molar-refractivity contribution >= 4 is 5.91 Å². The summed E-state index contributed by atoms with van der Waals surface area (Å²) in [5.41, 5.74) is 2.19. The van der Waals surface area contributed by atoms with Gasteiger partial charge in [-0.2, -0.15) is 5.10 Å². The fourth-order valence-corrected chi connectivity index (χ4v) is 2.02. The predicted molar refractivity (Wildman–Crippen MR) is 77.5 cm³/mol. The highest BCUT2D eigenvalue weighted by Crippen LogP contribution is 2.24. The Morgan fingerprint density at radius 3 is 2.90 bits per heavy atom. The van der Waals surface area contributed by atoms with Gasteiger partial charge in [0.05, 0.1) is 12.3 Å². The molecule has 21 heavy (non-hydrogen) atoms. The third-order valence-electron chi connectivity index (χ3n) is 3.10. The second-order valence-corrected chi connectivity index (χ2v) is 4.77. The lowest BCUT2D eigenvalue weighted by molar-refractivity contribution is 0.0931. The minimum Gasteiger partial charge on any atom is -0.383 e. The Kier molecular flexibility index (Phi) is 4.70. The Hall–Kier alpha value is -2.21. The van der Waals surface area contributed by atoms with E-state index in [2.05, 4.69) is 10.4 Å². The molecule has 0 unspecified atom stereocenters. The zero-order valence-electron chi connectivity index (χ0n) is 12.3. The van der Waals surface area contributed by atoms with Crippen molar-refractivity contribution in [2.45, 2.75) is 6.92 Å². The van der Waals surface area contributed by atoms with E-state index in [1.54, 1.807) is 32.4 Å². The summed E-state index contributed by atoms with van der Waals surface area (Å²) in [6.45, 7) is 2.72. The number of amides is 1. The lowest BCUT2D eigenvalue weighted by atomic mass is 10.1. The molecule has 6 heteroatoms. The van der Waals surface area contributed by atoms with Crippen LogP contribution in [0.5, 0.6) is 0 Å². The van der Waals surface area contributed by atoms with Gasteiger partial charge >= 0.3 is 0 Å². The standard InChI is InChI=1S/C15H18FN3O2/c1-10-4-5-12(16)11(8-10)14-9-13(18-19(14)2)15(20)17-6-7-21-3/h4-5,8-9H,6-7H2,1-3H3,(H,17,20). The molecule has 2 rings (SSSR count). The number of halogens is 1. The van der Waals surface area contributed by atoms with E-state index in [0.29, 0.717) is 24.4 Å². The van der Waals surface area contributed by atoms with Crippen LogP contribution in [0.2, 0.25) is 0 Å². The van der Waals surface area contributed by atoms with Crippen molar-refractivity contribution in [3.05, 3.63) is 41.3 Å². The molecule has 1 N–H and O–H groups in total. The third kappa shape index (κ3) is 3.46. The van der Waals surface area contributed by atoms with Gasteiger partial charge in [0.1, 0.15) is 5.82 Å². The zero-order chi connectivity index (χ0) is 15.4. The maximum Gasteiger partial charge on any atom is 0.271 e. The number of carbonyl (C=O) groups is 1. The molecular formula is C15H18FN3O2. The summed E-state index contributed by atoms with van der Waals surface area (Å²) in [6.07, 6.45) is 0. The van der Waals surface area contributed by atoms with Gasteiger partial charge < -0.3 is 10.1 Å². The van der Waals surface area contributed by atoms with Crippen LogP contribution in [0.3, 0.4) is 0 Å². The first-order chi connectivity index (χ1) is 10.0. The Labute approximate surface area is 122 Å². The van der Waals surface area contributed by atoms with Crippen LogP contribution in [0.4, 0.5) is 4.39 Å². The maximum absolute atomic E-state index is 13.9. The number of methoxy groups -OCH3 is 1. The summed E-state index contributed by atoms with van der Waals surface area (Å²) in [7, 11) is 3.24. The van der Waals surface area contributed by atoms with Gasteiger partial charge in [0, 0.05) is 26.3 Å². The van der Waals surface area contributed by atoms with E-state index in [1.807, 2.05) is 6.92 Å². The number of nitrogens with zero attached hydrogens (tertiary/aromatic N) is 2. The SMILES string of the molecule is COCCNC(=O)c1cc(-c2cc(C)ccc2F)n(C)n1. The van der Waals surface area contributed by atoms with Crippen LogP contribution in [-0.4, -0.2) is 35.9 Å². The molecule has 0 aliphatic rings. The van der Waals surface area contributed by atoms with Gasteiger partial charge in [0.2, 0.25) is 0 Å². The normalized spacial score (nSPS) is 10.7. The Morgan fingerprint density at radius 1 is 1.43 bits per heavy atom. The van der Waals surface area contributed by atoms with Gasteiger partial charge in [-0.3, -0.25) is 9.48 Å². The first-order valence-electron chi connectivity index (χ1n) is 6.60. The average Bonchev–Trinajstić information content (AvgIpc) is 2.84. The second-order valence-electron chi connectivity index (χ2n) is 4.77. The molecule has 0 fully saturated rings. The van der Waals surface area contributed by atoms with Crippen LogP contribution in [0.1, 0.15) is 16.1 Å². The van der Waals surface area contributed by atoms with E-state index < -0.39 is 0 Å². The van der Waals surface area contributed by atoms with Crippen molar-refractivity contribution in [3.63, 3.8) is 0 Å². The average molecular weight is 291 g/mol. The fraction of sp³-hybridized carbons (Fsp3) is 0.333. The molecular weight excluding hydrogens is 273 g/mol. The molecule has 0 saturated carbocycles. The number of aromatic nitrogens is 2. The number of nitrogens with one attached hydrogen (secondary N) is 1. The Balaban J connectivity index is 2.27. The van der Waals surface area contributed by atoms with Crippen LogP contribution >= 0.6 is 0 Å². The number of benzene rings is 1. The third-order valence-corrected chi connectivity index (χ3v) is 3.10.